The summed E-state index contributed by atoms with van der Waals surface area (Å²) in [6.07, 6.45) is 0.277. The fourth-order valence-electron chi connectivity index (χ4n) is 1.04. The molecule has 1 aromatic carbocycles. The minimum Gasteiger partial charge on any atom is -0.424 e. The van der Waals surface area contributed by atoms with E-state index < -0.39 is 0 Å². The van der Waals surface area contributed by atoms with Crippen molar-refractivity contribution in [1.29, 1.82) is 0 Å². The smallest absolute Gasteiger partial charge is 0.310 e. The van der Waals surface area contributed by atoms with Crippen LogP contribution in [0.3, 0.4) is 0 Å². The zero-order valence-corrected chi connectivity index (χ0v) is 7.99. The second-order valence-electron chi connectivity index (χ2n) is 2.82. The number of para-hydroxylation sites is 1. The van der Waals surface area contributed by atoms with Gasteiger partial charge in [-0.05, 0) is 6.07 Å². The maximum absolute atomic E-state index is 11.0. The molecule has 0 spiro atoms. The molecule has 3 N–H and O–H groups in total. The van der Waals surface area contributed by atoms with Gasteiger partial charge in [0.05, 0.1) is 12.3 Å². The van der Waals surface area contributed by atoms with Crippen molar-refractivity contribution in [2.24, 2.45) is 0 Å². The predicted octanol–water partition coefficient (Wildman–Crippen LogP) is 1.08. The highest BCUT2D eigenvalue weighted by molar-refractivity contribution is 5.75. The molecule has 1 aromatic rings. The molecule has 14 heavy (non-hydrogen) atoms. The number of aliphatic hydroxyl groups is 1. The Morgan fingerprint density at radius 3 is 2.86 bits per heavy atom. The van der Waals surface area contributed by atoms with Gasteiger partial charge in [-0.25, -0.2) is 0 Å². The number of carbonyl (C=O) groups is 1. The summed E-state index contributed by atoms with van der Waals surface area (Å²) < 4.78 is 4.99. The summed E-state index contributed by atoms with van der Waals surface area (Å²) >= 11 is 0. The number of nitrogens with two attached hydrogens (primary N) is 1. The minimum absolute atomic E-state index is 0.197. The number of anilines is 1. The van der Waals surface area contributed by atoms with Crippen molar-refractivity contribution in [3.8, 4) is 5.75 Å². The van der Waals surface area contributed by atoms with E-state index in [9.17, 15) is 4.79 Å². The van der Waals surface area contributed by atoms with Crippen molar-refractivity contribution >= 4 is 11.7 Å². The predicted molar refractivity (Wildman–Crippen MR) is 52.7 cm³/mol. The third kappa shape index (κ3) is 2.23. The largest absolute Gasteiger partial charge is 0.424 e. The quantitative estimate of drug-likeness (QED) is 0.430. The van der Waals surface area contributed by atoms with Crippen LogP contribution in [0.15, 0.2) is 18.2 Å². The van der Waals surface area contributed by atoms with Gasteiger partial charge in [0.1, 0.15) is 0 Å². The number of esters is 1. The fourth-order valence-corrected chi connectivity index (χ4v) is 1.04. The van der Waals surface area contributed by atoms with E-state index in [4.69, 9.17) is 15.6 Å². The molecule has 0 aliphatic rings. The zero-order valence-electron chi connectivity index (χ0n) is 7.99. The minimum atomic E-state index is -0.363. The molecule has 0 fully saturated rings. The topological polar surface area (TPSA) is 72.5 Å². The summed E-state index contributed by atoms with van der Waals surface area (Å²) in [5.74, 6) is -0.0977. The van der Waals surface area contributed by atoms with Crippen molar-refractivity contribution in [2.45, 2.75) is 20.0 Å². The van der Waals surface area contributed by atoms with Gasteiger partial charge >= 0.3 is 5.97 Å². The molecule has 0 amide bonds. The molecule has 4 nitrogen and oxygen atoms in total. The first-order chi connectivity index (χ1) is 6.69. The Bertz CT molecular complexity index is 336. The molecular weight excluding hydrogens is 182 g/mol. The normalized spacial score (nSPS) is 9.86. The van der Waals surface area contributed by atoms with Crippen molar-refractivity contribution in [3.63, 3.8) is 0 Å². The van der Waals surface area contributed by atoms with Gasteiger partial charge in [0.25, 0.3) is 0 Å². The average molecular weight is 195 g/mol. The molecule has 0 aliphatic carbocycles. The number of carbonyl (C=O) groups excluding carboxylic acids is 1. The first-order valence-corrected chi connectivity index (χ1v) is 4.38. The van der Waals surface area contributed by atoms with Crippen LogP contribution in [-0.2, 0) is 11.4 Å². The highest BCUT2D eigenvalue weighted by atomic mass is 16.5. The third-order valence-electron chi connectivity index (χ3n) is 1.80. The lowest BCUT2D eigenvalue weighted by atomic mass is 10.2. The van der Waals surface area contributed by atoms with E-state index >= 15 is 0 Å². The van der Waals surface area contributed by atoms with Crippen molar-refractivity contribution in [3.05, 3.63) is 23.8 Å². The van der Waals surface area contributed by atoms with E-state index in [1.54, 1.807) is 25.1 Å². The number of aliphatic hydroxyl groups excluding tert-OH is 1. The first-order valence-electron chi connectivity index (χ1n) is 4.38. The summed E-state index contributed by atoms with van der Waals surface area (Å²) in [5, 5.41) is 8.98. The van der Waals surface area contributed by atoms with Gasteiger partial charge in [-0.15, -0.1) is 0 Å². The first kappa shape index (κ1) is 10.5. The molecule has 0 bridgehead atoms. The SMILES string of the molecule is CCC(=O)Oc1c(N)cccc1CO. The van der Waals surface area contributed by atoms with E-state index in [1.165, 1.54) is 0 Å². The number of nitrogen functional groups attached to an aromatic ring is 1. The monoisotopic (exact) mass is 195 g/mol. The maximum Gasteiger partial charge on any atom is 0.310 e. The van der Waals surface area contributed by atoms with Crippen LogP contribution in [0.4, 0.5) is 5.69 Å². The van der Waals surface area contributed by atoms with Crippen LogP contribution < -0.4 is 10.5 Å². The molecule has 0 saturated heterocycles. The standard InChI is InChI=1S/C10H13NO3/c1-2-9(13)14-10-7(6-12)4-3-5-8(10)11/h3-5,12H,2,6,11H2,1H3. The van der Waals surface area contributed by atoms with Crippen LogP contribution in [0.5, 0.6) is 5.75 Å². The van der Waals surface area contributed by atoms with E-state index in [1.807, 2.05) is 0 Å². The molecule has 0 saturated carbocycles. The Morgan fingerprint density at radius 1 is 1.57 bits per heavy atom. The molecule has 4 heteroatoms. The highest BCUT2D eigenvalue weighted by Gasteiger charge is 2.10. The van der Waals surface area contributed by atoms with E-state index in [0.29, 0.717) is 11.3 Å². The molecule has 0 atom stereocenters. The number of hydrogen-bond donors (Lipinski definition) is 2. The molecule has 0 radical (unpaired) electrons. The second kappa shape index (κ2) is 4.62. The van der Waals surface area contributed by atoms with Gasteiger partial charge in [-0.1, -0.05) is 19.1 Å². The Labute approximate surface area is 82.3 Å². The Kier molecular flexibility index (Phi) is 3.48. The average Bonchev–Trinajstić information content (AvgIpc) is 2.20. The fraction of sp³-hybridized carbons (Fsp3) is 0.300. The summed E-state index contributed by atoms with van der Waals surface area (Å²) in [6.45, 7) is 1.50. The maximum atomic E-state index is 11.0. The third-order valence-corrected chi connectivity index (χ3v) is 1.80. The van der Waals surface area contributed by atoms with Crippen LogP contribution in [0.25, 0.3) is 0 Å². The van der Waals surface area contributed by atoms with Crippen LogP contribution in [0, 0.1) is 0 Å². The number of benzene rings is 1. The summed E-state index contributed by atoms with van der Waals surface area (Å²) in [7, 11) is 0. The lowest BCUT2D eigenvalue weighted by Crippen LogP contribution is -2.09. The van der Waals surface area contributed by atoms with Crippen molar-refractivity contribution in [1.82, 2.24) is 0 Å². The van der Waals surface area contributed by atoms with Crippen LogP contribution in [0.2, 0.25) is 0 Å². The zero-order chi connectivity index (χ0) is 10.6. The van der Waals surface area contributed by atoms with Gasteiger partial charge < -0.3 is 15.6 Å². The molecule has 1 rings (SSSR count). The lowest BCUT2D eigenvalue weighted by molar-refractivity contribution is -0.134. The lowest BCUT2D eigenvalue weighted by Gasteiger charge is -2.09. The van der Waals surface area contributed by atoms with Crippen LogP contribution in [-0.4, -0.2) is 11.1 Å². The van der Waals surface area contributed by atoms with Crippen LogP contribution in [0.1, 0.15) is 18.9 Å². The highest BCUT2D eigenvalue weighted by Crippen LogP contribution is 2.26. The Hall–Kier alpha value is -1.55. The second-order valence-corrected chi connectivity index (χ2v) is 2.82. The van der Waals surface area contributed by atoms with Gasteiger partial charge in [-0.2, -0.15) is 0 Å². The van der Waals surface area contributed by atoms with E-state index in [-0.39, 0.29) is 24.7 Å². The number of rotatable bonds is 3. The van der Waals surface area contributed by atoms with Crippen molar-refractivity contribution < 1.29 is 14.6 Å². The Balaban J connectivity index is 2.98. The van der Waals surface area contributed by atoms with Gasteiger partial charge in [0.15, 0.2) is 5.75 Å². The van der Waals surface area contributed by atoms with E-state index in [0.717, 1.165) is 0 Å². The number of hydrogen-bond acceptors (Lipinski definition) is 4. The molecule has 0 aromatic heterocycles. The van der Waals surface area contributed by atoms with E-state index in [2.05, 4.69) is 0 Å². The number of ether oxygens (including phenoxy) is 1. The summed E-state index contributed by atoms with van der Waals surface area (Å²) in [4.78, 5) is 11.0. The van der Waals surface area contributed by atoms with Crippen LogP contribution >= 0.6 is 0 Å². The van der Waals surface area contributed by atoms with Gasteiger partial charge in [-0.3, -0.25) is 4.79 Å². The van der Waals surface area contributed by atoms with Gasteiger partial charge in [0.2, 0.25) is 0 Å². The van der Waals surface area contributed by atoms with Crippen molar-refractivity contribution in [2.75, 3.05) is 5.73 Å². The molecule has 76 valence electrons. The summed E-state index contributed by atoms with van der Waals surface area (Å²) in [5.41, 5.74) is 6.49. The summed E-state index contributed by atoms with van der Waals surface area (Å²) in [6, 6.07) is 4.98. The van der Waals surface area contributed by atoms with Gasteiger partial charge in [0, 0.05) is 12.0 Å². The Morgan fingerprint density at radius 2 is 2.29 bits per heavy atom. The molecule has 0 unspecified atom stereocenters. The molecule has 0 heterocycles. The molecular formula is C10H13NO3. The molecule has 0 aliphatic heterocycles.